The maximum Gasteiger partial charge on any atom is 0.238 e. The van der Waals surface area contributed by atoms with Gasteiger partial charge in [0.05, 0.1) is 5.75 Å². The molecule has 1 saturated heterocycles. The van der Waals surface area contributed by atoms with Gasteiger partial charge in [0.15, 0.2) is 0 Å². The average Bonchev–Trinajstić information content (AvgIpc) is 3.16. The van der Waals surface area contributed by atoms with Gasteiger partial charge in [-0.1, -0.05) is 57.9 Å². The van der Waals surface area contributed by atoms with Crippen LogP contribution in [-0.2, 0) is 16.0 Å². The van der Waals surface area contributed by atoms with Crippen LogP contribution in [0.1, 0.15) is 63.0 Å². The molecule has 0 bridgehead atoms. The van der Waals surface area contributed by atoms with Crippen molar-refractivity contribution in [2.75, 3.05) is 16.0 Å². The number of rotatable bonds is 9. The lowest BCUT2D eigenvalue weighted by molar-refractivity contribution is -0.120. The number of benzene rings is 2. The summed E-state index contributed by atoms with van der Waals surface area (Å²) in [4.78, 5) is 27.3. The fraction of sp³-hybridized carbons (Fsp3) is 0.440. The first kappa shape index (κ1) is 22.4. The Labute approximate surface area is 184 Å². The van der Waals surface area contributed by atoms with E-state index in [9.17, 15) is 9.59 Å². The van der Waals surface area contributed by atoms with Crippen LogP contribution in [-0.4, -0.2) is 17.6 Å². The van der Waals surface area contributed by atoms with Crippen LogP contribution in [0.5, 0.6) is 0 Å². The van der Waals surface area contributed by atoms with Gasteiger partial charge in [-0.15, -0.1) is 11.8 Å². The van der Waals surface area contributed by atoms with Crippen molar-refractivity contribution in [3.05, 3.63) is 59.7 Å². The van der Waals surface area contributed by atoms with Crippen molar-refractivity contribution in [3.63, 3.8) is 0 Å². The van der Waals surface area contributed by atoms with Crippen molar-refractivity contribution in [1.29, 1.82) is 0 Å². The maximum atomic E-state index is 12.7. The second-order valence-corrected chi connectivity index (χ2v) is 8.88. The van der Waals surface area contributed by atoms with E-state index in [0.717, 1.165) is 49.0 Å². The highest BCUT2D eigenvalue weighted by Gasteiger charge is 2.34. The van der Waals surface area contributed by atoms with Crippen molar-refractivity contribution < 1.29 is 9.59 Å². The van der Waals surface area contributed by atoms with Gasteiger partial charge in [-0.2, -0.15) is 0 Å². The molecule has 0 radical (unpaired) electrons. The number of thioether (sulfide) groups is 1. The molecule has 1 fully saturated rings. The molecule has 2 amide bonds. The van der Waals surface area contributed by atoms with E-state index in [1.54, 1.807) is 11.8 Å². The predicted octanol–water partition coefficient (Wildman–Crippen LogP) is 6.18. The number of unbranched alkanes of at least 4 members (excludes halogenated alkanes) is 1. The molecule has 0 saturated carbocycles. The lowest BCUT2D eigenvalue weighted by Gasteiger charge is -2.25. The highest BCUT2D eigenvalue weighted by atomic mass is 32.2. The second-order valence-electron chi connectivity index (χ2n) is 7.81. The van der Waals surface area contributed by atoms with Crippen LogP contribution >= 0.6 is 11.8 Å². The molecular weight excluding hydrogens is 392 g/mol. The third-order valence-corrected chi connectivity index (χ3v) is 6.89. The lowest BCUT2D eigenvalue weighted by atomic mass is 9.98. The van der Waals surface area contributed by atoms with Gasteiger partial charge in [0.1, 0.15) is 5.37 Å². The normalized spacial score (nSPS) is 17.2. The zero-order valence-corrected chi connectivity index (χ0v) is 19.0. The highest BCUT2D eigenvalue weighted by molar-refractivity contribution is 8.00. The summed E-state index contributed by atoms with van der Waals surface area (Å²) in [6.45, 7) is 6.34. The zero-order valence-electron chi connectivity index (χ0n) is 18.2. The summed E-state index contributed by atoms with van der Waals surface area (Å²) in [6, 6.07) is 16.1. The second kappa shape index (κ2) is 10.7. The minimum atomic E-state index is -0.0801. The topological polar surface area (TPSA) is 49.4 Å². The van der Waals surface area contributed by atoms with Gasteiger partial charge >= 0.3 is 0 Å². The minimum Gasteiger partial charge on any atom is -0.326 e. The van der Waals surface area contributed by atoms with Gasteiger partial charge < -0.3 is 5.32 Å². The molecule has 1 aliphatic rings. The van der Waals surface area contributed by atoms with E-state index < -0.39 is 0 Å². The monoisotopic (exact) mass is 424 g/mol. The Morgan fingerprint density at radius 3 is 2.70 bits per heavy atom. The molecule has 2 aromatic rings. The number of amides is 2. The summed E-state index contributed by atoms with van der Waals surface area (Å²) in [5.41, 5.74) is 3.99. The first-order valence-electron chi connectivity index (χ1n) is 11.0. The molecule has 160 valence electrons. The van der Waals surface area contributed by atoms with Gasteiger partial charge in [-0.05, 0) is 54.7 Å². The van der Waals surface area contributed by atoms with Gasteiger partial charge in [-0.25, -0.2) is 0 Å². The molecule has 2 aromatic carbocycles. The van der Waals surface area contributed by atoms with Crippen molar-refractivity contribution in [2.45, 2.75) is 58.2 Å². The molecule has 0 aliphatic carbocycles. The van der Waals surface area contributed by atoms with Gasteiger partial charge in [0.25, 0.3) is 0 Å². The molecule has 4 nitrogen and oxygen atoms in total. The Morgan fingerprint density at radius 2 is 1.97 bits per heavy atom. The maximum absolute atomic E-state index is 12.7. The average molecular weight is 425 g/mol. The van der Waals surface area contributed by atoms with Crippen LogP contribution in [0, 0.1) is 5.92 Å². The first-order chi connectivity index (χ1) is 14.6. The number of hydrogen-bond donors (Lipinski definition) is 1. The van der Waals surface area contributed by atoms with E-state index in [1.165, 1.54) is 5.56 Å². The summed E-state index contributed by atoms with van der Waals surface area (Å²) >= 11 is 1.63. The van der Waals surface area contributed by atoms with Crippen molar-refractivity contribution >= 4 is 35.0 Å². The molecule has 1 heterocycles. The van der Waals surface area contributed by atoms with E-state index >= 15 is 0 Å². The largest absolute Gasteiger partial charge is 0.326 e. The Kier molecular flexibility index (Phi) is 7.97. The molecular formula is C25H32N2O2S. The van der Waals surface area contributed by atoms with Crippen LogP contribution in [0.4, 0.5) is 11.4 Å². The lowest BCUT2D eigenvalue weighted by Crippen LogP contribution is -2.28. The smallest absolute Gasteiger partial charge is 0.238 e. The fourth-order valence-corrected chi connectivity index (χ4v) is 5.03. The number of nitrogens with zero attached hydrogens (tertiary/aromatic N) is 1. The summed E-state index contributed by atoms with van der Waals surface area (Å²) in [5.74, 6) is 0.723. The predicted molar refractivity (Wildman–Crippen MR) is 127 cm³/mol. The van der Waals surface area contributed by atoms with E-state index in [0.29, 0.717) is 5.75 Å². The fourth-order valence-electron chi connectivity index (χ4n) is 3.86. The Hall–Kier alpha value is -2.27. The third-order valence-electron chi connectivity index (χ3n) is 5.67. The van der Waals surface area contributed by atoms with Crippen molar-refractivity contribution in [3.8, 4) is 0 Å². The number of carbonyl (C=O) groups excluding carboxylic acids is 2. The molecule has 1 aliphatic heterocycles. The van der Waals surface area contributed by atoms with Crippen LogP contribution in [0.2, 0.25) is 0 Å². The van der Waals surface area contributed by atoms with E-state index in [1.807, 2.05) is 41.3 Å². The summed E-state index contributed by atoms with van der Waals surface area (Å²) in [5, 5.41) is 3.02. The third kappa shape index (κ3) is 5.25. The first-order valence-corrected chi connectivity index (χ1v) is 12.1. The van der Waals surface area contributed by atoms with Crippen LogP contribution in [0.25, 0.3) is 0 Å². The molecule has 5 heteroatoms. The van der Waals surface area contributed by atoms with Crippen molar-refractivity contribution in [1.82, 2.24) is 0 Å². The summed E-state index contributed by atoms with van der Waals surface area (Å²) in [6.07, 6.45) is 4.87. The molecule has 3 rings (SSSR count). The SMILES string of the molecule is CCCCC(CC)C(=O)Nc1cccc(C2SCC(=O)N2c2cccc(CC)c2)c1. The number of aryl methyl sites for hydroxylation is 1. The van der Waals surface area contributed by atoms with Gasteiger partial charge in [0, 0.05) is 17.3 Å². The Balaban J connectivity index is 1.80. The van der Waals surface area contributed by atoms with Crippen molar-refractivity contribution in [2.24, 2.45) is 5.92 Å². The van der Waals surface area contributed by atoms with E-state index in [4.69, 9.17) is 0 Å². The minimum absolute atomic E-state index is 0.0457. The molecule has 2 unspecified atom stereocenters. The number of carbonyl (C=O) groups is 2. The molecule has 0 spiro atoms. The van der Waals surface area contributed by atoms with Crippen LogP contribution in [0.15, 0.2) is 48.5 Å². The molecule has 30 heavy (non-hydrogen) atoms. The van der Waals surface area contributed by atoms with Gasteiger partial charge in [0.2, 0.25) is 11.8 Å². The highest BCUT2D eigenvalue weighted by Crippen LogP contribution is 2.42. The number of anilines is 2. The van der Waals surface area contributed by atoms with E-state index in [-0.39, 0.29) is 23.1 Å². The number of hydrogen-bond acceptors (Lipinski definition) is 3. The van der Waals surface area contributed by atoms with Gasteiger partial charge in [-0.3, -0.25) is 14.5 Å². The summed E-state index contributed by atoms with van der Waals surface area (Å²) in [7, 11) is 0. The summed E-state index contributed by atoms with van der Waals surface area (Å²) < 4.78 is 0. The van der Waals surface area contributed by atoms with Crippen LogP contribution < -0.4 is 10.2 Å². The zero-order chi connectivity index (χ0) is 21.5. The molecule has 2 atom stereocenters. The number of nitrogens with one attached hydrogen (secondary N) is 1. The Morgan fingerprint density at radius 1 is 1.17 bits per heavy atom. The molecule has 0 aromatic heterocycles. The molecule has 1 N–H and O–H groups in total. The van der Waals surface area contributed by atoms with E-state index in [2.05, 4.69) is 38.2 Å². The van der Waals surface area contributed by atoms with Crippen LogP contribution in [0.3, 0.4) is 0 Å². The Bertz CT molecular complexity index is 883. The standard InChI is InChI=1S/C25H32N2O2S/c1-4-7-11-19(6-3)24(29)26-21-13-9-12-20(16-21)25-27(23(28)17-30-25)22-14-8-10-18(5-2)15-22/h8-10,12-16,19,25H,4-7,11,17H2,1-3H3,(H,26,29). The quantitative estimate of drug-likeness (QED) is 0.523.